The molecular formula is C9H16O5. The Kier molecular flexibility index (Phi) is 5.15. The van der Waals surface area contributed by atoms with Gasteiger partial charge in [-0.15, -0.1) is 0 Å². The molecule has 0 rings (SSSR count). The van der Waals surface area contributed by atoms with E-state index in [2.05, 4.69) is 9.47 Å². The molecule has 0 radical (unpaired) electrons. The Hall–Kier alpha value is -1.10. The zero-order chi connectivity index (χ0) is 11.3. The first-order valence-corrected chi connectivity index (χ1v) is 4.29. The highest BCUT2D eigenvalue weighted by molar-refractivity contribution is 5.82. The van der Waals surface area contributed by atoms with Gasteiger partial charge in [0.2, 0.25) is 0 Å². The molecule has 0 unspecified atom stereocenters. The second kappa shape index (κ2) is 5.59. The summed E-state index contributed by atoms with van der Waals surface area (Å²) in [5.41, 5.74) is 0. The lowest BCUT2D eigenvalue weighted by atomic mass is 9.90. The van der Waals surface area contributed by atoms with Crippen LogP contribution in [0.1, 0.15) is 13.8 Å². The lowest BCUT2D eigenvalue weighted by Gasteiger charge is -2.21. The summed E-state index contributed by atoms with van der Waals surface area (Å²) in [5.74, 6) is -2.75. The molecular weight excluding hydrogens is 188 g/mol. The molecule has 0 saturated carbocycles. The monoisotopic (exact) mass is 204 g/mol. The highest BCUT2D eigenvalue weighted by Gasteiger charge is 2.35. The average molecular weight is 204 g/mol. The SMILES string of the molecule is COC(=O)[C@@H]([C@@H](C)O)[C@@H](C)C(=O)OC. The maximum Gasteiger partial charge on any atom is 0.312 e. The fourth-order valence-electron chi connectivity index (χ4n) is 1.29. The van der Waals surface area contributed by atoms with Crippen LogP contribution in [0, 0.1) is 11.8 Å². The van der Waals surface area contributed by atoms with Crippen molar-refractivity contribution in [3.63, 3.8) is 0 Å². The minimum atomic E-state index is -0.948. The van der Waals surface area contributed by atoms with E-state index in [9.17, 15) is 14.7 Å². The van der Waals surface area contributed by atoms with Crippen molar-refractivity contribution in [2.24, 2.45) is 11.8 Å². The molecule has 14 heavy (non-hydrogen) atoms. The molecule has 0 bridgehead atoms. The molecule has 82 valence electrons. The van der Waals surface area contributed by atoms with Gasteiger partial charge in [0, 0.05) is 0 Å². The zero-order valence-electron chi connectivity index (χ0n) is 8.81. The van der Waals surface area contributed by atoms with Crippen molar-refractivity contribution in [2.75, 3.05) is 14.2 Å². The van der Waals surface area contributed by atoms with Gasteiger partial charge >= 0.3 is 11.9 Å². The standard InChI is InChI=1S/C9H16O5/c1-5(8(11)13-3)7(6(2)10)9(12)14-4/h5-7,10H,1-4H3/t5-,6-,7-/m1/s1. The summed E-state index contributed by atoms with van der Waals surface area (Å²) in [6.45, 7) is 2.95. The number of aliphatic hydroxyl groups excluding tert-OH is 1. The number of methoxy groups -OCH3 is 2. The molecule has 0 aromatic carbocycles. The summed E-state index contributed by atoms with van der Waals surface area (Å²) in [6.07, 6.45) is -0.948. The molecule has 3 atom stereocenters. The molecule has 0 aliphatic carbocycles. The third kappa shape index (κ3) is 2.99. The maximum atomic E-state index is 11.2. The van der Waals surface area contributed by atoms with E-state index in [1.54, 1.807) is 0 Å². The van der Waals surface area contributed by atoms with E-state index >= 15 is 0 Å². The van der Waals surface area contributed by atoms with Gasteiger partial charge in [0.25, 0.3) is 0 Å². The quantitative estimate of drug-likeness (QED) is 0.651. The van der Waals surface area contributed by atoms with Crippen molar-refractivity contribution < 1.29 is 24.2 Å². The van der Waals surface area contributed by atoms with Crippen LogP contribution in [0.5, 0.6) is 0 Å². The van der Waals surface area contributed by atoms with Gasteiger partial charge in [-0.25, -0.2) is 0 Å². The van der Waals surface area contributed by atoms with E-state index in [-0.39, 0.29) is 0 Å². The molecule has 0 amide bonds. The molecule has 1 N–H and O–H groups in total. The number of carbonyl (C=O) groups excluding carboxylic acids is 2. The van der Waals surface area contributed by atoms with Crippen LogP contribution in [-0.4, -0.2) is 37.4 Å². The zero-order valence-corrected chi connectivity index (χ0v) is 8.81. The second-order valence-corrected chi connectivity index (χ2v) is 3.10. The lowest BCUT2D eigenvalue weighted by molar-refractivity contribution is -0.161. The predicted octanol–water partition coefficient (Wildman–Crippen LogP) is -0.0345. The predicted molar refractivity (Wildman–Crippen MR) is 48.4 cm³/mol. The summed E-state index contributed by atoms with van der Waals surface area (Å²) >= 11 is 0. The molecule has 0 fully saturated rings. The van der Waals surface area contributed by atoms with E-state index in [1.807, 2.05) is 0 Å². The van der Waals surface area contributed by atoms with Gasteiger partial charge in [0.1, 0.15) is 0 Å². The Morgan fingerprint density at radius 2 is 1.50 bits per heavy atom. The van der Waals surface area contributed by atoms with Gasteiger partial charge in [0.15, 0.2) is 0 Å². The average Bonchev–Trinajstić information content (AvgIpc) is 2.15. The molecule has 0 aliphatic rings. The molecule has 0 spiro atoms. The number of hydrogen-bond donors (Lipinski definition) is 1. The summed E-state index contributed by atoms with van der Waals surface area (Å²) in [4.78, 5) is 22.4. The van der Waals surface area contributed by atoms with Crippen LogP contribution in [0.15, 0.2) is 0 Å². The van der Waals surface area contributed by atoms with Crippen LogP contribution in [0.3, 0.4) is 0 Å². The normalized spacial score (nSPS) is 16.6. The highest BCUT2D eigenvalue weighted by Crippen LogP contribution is 2.18. The topological polar surface area (TPSA) is 72.8 Å². The molecule has 5 heteroatoms. The first kappa shape index (κ1) is 12.9. The van der Waals surface area contributed by atoms with Gasteiger partial charge in [-0.05, 0) is 6.92 Å². The molecule has 0 aromatic heterocycles. The molecule has 0 saturated heterocycles. The Bertz CT molecular complexity index is 211. The second-order valence-electron chi connectivity index (χ2n) is 3.10. The molecule has 0 aromatic rings. The largest absolute Gasteiger partial charge is 0.469 e. The fourth-order valence-corrected chi connectivity index (χ4v) is 1.29. The number of hydrogen-bond acceptors (Lipinski definition) is 5. The van der Waals surface area contributed by atoms with E-state index < -0.39 is 29.9 Å². The van der Waals surface area contributed by atoms with Crippen LogP contribution in [0.2, 0.25) is 0 Å². The van der Waals surface area contributed by atoms with Crippen LogP contribution >= 0.6 is 0 Å². The van der Waals surface area contributed by atoms with E-state index in [1.165, 1.54) is 28.1 Å². The van der Waals surface area contributed by atoms with Gasteiger partial charge in [-0.2, -0.15) is 0 Å². The van der Waals surface area contributed by atoms with Crippen molar-refractivity contribution in [1.29, 1.82) is 0 Å². The van der Waals surface area contributed by atoms with Gasteiger partial charge in [-0.1, -0.05) is 6.92 Å². The Morgan fingerprint density at radius 3 is 1.79 bits per heavy atom. The van der Waals surface area contributed by atoms with E-state index in [4.69, 9.17) is 0 Å². The fraction of sp³-hybridized carbons (Fsp3) is 0.778. The van der Waals surface area contributed by atoms with Crippen LogP contribution in [0.25, 0.3) is 0 Å². The van der Waals surface area contributed by atoms with Crippen molar-refractivity contribution >= 4 is 11.9 Å². The maximum absolute atomic E-state index is 11.2. The highest BCUT2D eigenvalue weighted by atomic mass is 16.5. The number of rotatable bonds is 4. The molecule has 0 heterocycles. The minimum absolute atomic E-state index is 0.540. The molecule has 0 aliphatic heterocycles. The van der Waals surface area contributed by atoms with Crippen LogP contribution in [-0.2, 0) is 19.1 Å². The van der Waals surface area contributed by atoms with Crippen LogP contribution < -0.4 is 0 Å². The summed E-state index contributed by atoms with van der Waals surface area (Å²) in [6, 6.07) is 0. The third-order valence-corrected chi connectivity index (χ3v) is 2.10. The van der Waals surface area contributed by atoms with Crippen molar-refractivity contribution in [3.8, 4) is 0 Å². The minimum Gasteiger partial charge on any atom is -0.469 e. The number of carbonyl (C=O) groups is 2. The van der Waals surface area contributed by atoms with E-state index in [0.29, 0.717) is 0 Å². The van der Waals surface area contributed by atoms with Crippen molar-refractivity contribution in [2.45, 2.75) is 20.0 Å². The third-order valence-electron chi connectivity index (χ3n) is 2.10. The lowest BCUT2D eigenvalue weighted by Crippen LogP contribution is -2.37. The Balaban J connectivity index is 4.65. The van der Waals surface area contributed by atoms with Gasteiger partial charge < -0.3 is 14.6 Å². The van der Waals surface area contributed by atoms with Gasteiger partial charge in [-0.3, -0.25) is 9.59 Å². The summed E-state index contributed by atoms with van der Waals surface area (Å²) < 4.78 is 8.96. The summed E-state index contributed by atoms with van der Waals surface area (Å²) in [7, 11) is 2.44. The number of aliphatic hydroxyl groups is 1. The van der Waals surface area contributed by atoms with Gasteiger partial charge in [0.05, 0.1) is 32.2 Å². The van der Waals surface area contributed by atoms with Crippen LogP contribution in [0.4, 0.5) is 0 Å². The van der Waals surface area contributed by atoms with E-state index in [0.717, 1.165) is 0 Å². The first-order chi connectivity index (χ1) is 6.45. The summed E-state index contributed by atoms with van der Waals surface area (Å²) in [5, 5.41) is 9.32. The number of ether oxygens (including phenoxy) is 2. The first-order valence-electron chi connectivity index (χ1n) is 4.29. The number of esters is 2. The van der Waals surface area contributed by atoms with Crippen molar-refractivity contribution in [1.82, 2.24) is 0 Å². The Morgan fingerprint density at radius 1 is 1.07 bits per heavy atom. The Labute approximate surface area is 83.0 Å². The smallest absolute Gasteiger partial charge is 0.312 e. The molecule has 5 nitrogen and oxygen atoms in total. The van der Waals surface area contributed by atoms with Crippen molar-refractivity contribution in [3.05, 3.63) is 0 Å².